The van der Waals surface area contributed by atoms with Gasteiger partial charge in [-0.15, -0.1) is 0 Å². The lowest BCUT2D eigenvalue weighted by atomic mass is 10.6. The van der Waals surface area contributed by atoms with Crippen molar-refractivity contribution in [2.24, 2.45) is 7.05 Å². The highest BCUT2D eigenvalue weighted by molar-refractivity contribution is 4.88. The number of aryl methyl sites for hydroxylation is 1. The van der Waals surface area contributed by atoms with Crippen LogP contribution in [0.4, 0.5) is 0 Å². The molecule has 1 heterocycles. The molecule has 5 nitrogen and oxygen atoms in total. The Hall–Kier alpha value is -1.39. The minimum atomic E-state index is -0.400. The summed E-state index contributed by atoms with van der Waals surface area (Å²) in [7, 11) is 1.73. The first kappa shape index (κ1) is 6.73. The molecule has 0 saturated carbocycles. The number of imidazole rings is 1. The van der Waals surface area contributed by atoms with E-state index < -0.39 is 4.92 Å². The van der Waals surface area contributed by atoms with Gasteiger partial charge in [0, 0.05) is 24.4 Å². The minimum Gasteiger partial charge on any atom is -0.333 e. The summed E-state index contributed by atoms with van der Waals surface area (Å²) in [6.45, 7) is -0.205. The highest BCUT2D eigenvalue weighted by Gasteiger charge is 2.04. The maximum absolute atomic E-state index is 9.97. The molecule has 0 fully saturated rings. The lowest BCUT2D eigenvalue weighted by Gasteiger charge is -1.93. The first-order valence-corrected chi connectivity index (χ1v) is 2.78. The monoisotopic (exact) mass is 141 g/mol. The van der Waals surface area contributed by atoms with Crippen molar-refractivity contribution in [3.8, 4) is 0 Å². The van der Waals surface area contributed by atoms with Crippen LogP contribution in [-0.4, -0.2) is 14.5 Å². The molecular weight excluding hydrogens is 134 g/mol. The van der Waals surface area contributed by atoms with Gasteiger partial charge in [0.25, 0.3) is 6.54 Å². The third-order valence-corrected chi connectivity index (χ3v) is 1.19. The van der Waals surface area contributed by atoms with Crippen LogP contribution in [0.15, 0.2) is 12.4 Å². The van der Waals surface area contributed by atoms with Crippen LogP contribution in [0.5, 0.6) is 0 Å². The van der Waals surface area contributed by atoms with Crippen molar-refractivity contribution in [2.45, 2.75) is 6.54 Å². The zero-order valence-corrected chi connectivity index (χ0v) is 5.52. The Morgan fingerprint density at radius 2 is 2.60 bits per heavy atom. The molecule has 0 atom stereocenters. The molecule has 1 rings (SSSR count). The van der Waals surface area contributed by atoms with Gasteiger partial charge < -0.3 is 4.57 Å². The standard InChI is InChI=1S/C5H7N3O2/c1-7-3-2-6-5(7)4-8(9)10/h2-3H,4H2,1H3. The van der Waals surface area contributed by atoms with Crippen LogP contribution in [-0.2, 0) is 13.6 Å². The average Bonchev–Trinajstić information content (AvgIpc) is 2.15. The number of rotatable bonds is 2. The van der Waals surface area contributed by atoms with Gasteiger partial charge in [0.1, 0.15) is 0 Å². The first-order valence-electron chi connectivity index (χ1n) is 2.78. The Labute approximate surface area is 57.5 Å². The maximum atomic E-state index is 9.97. The smallest absolute Gasteiger partial charge is 0.260 e. The molecule has 1 aromatic rings. The van der Waals surface area contributed by atoms with Crippen molar-refractivity contribution in [1.82, 2.24) is 9.55 Å². The quantitative estimate of drug-likeness (QED) is 0.436. The molecule has 0 aliphatic carbocycles. The largest absolute Gasteiger partial charge is 0.333 e. The molecule has 1 aromatic heterocycles. The van der Waals surface area contributed by atoms with Gasteiger partial charge in [0.15, 0.2) is 5.82 Å². The molecule has 0 bridgehead atoms. The third-order valence-electron chi connectivity index (χ3n) is 1.19. The van der Waals surface area contributed by atoms with Gasteiger partial charge in [-0.3, -0.25) is 10.1 Å². The Morgan fingerprint density at radius 1 is 1.90 bits per heavy atom. The van der Waals surface area contributed by atoms with Gasteiger partial charge in [-0.05, 0) is 0 Å². The summed E-state index contributed by atoms with van der Waals surface area (Å²) in [6, 6.07) is 0. The molecule has 5 heteroatoms. The van der Waals surface area contributed by atoms with Crippen molar-refractivity contribution < 1.29 is 4.92 Å². The summed E-state index contributed by atoms with van der Waals surface area (Å²) < 4.78 is 1.63. The van der Waals surface area contributed by atoms with Crippen LogP contribution in [0.1, 0.15) is 5.82 Å². The van der Waals surface area contributed by atoms with E-state index in [-0.39, 0.29) is 6.54 Å². The molecular formula is C5H7N3O2. The zero-order valence-electron chi connectivity index (χ0n) is 5.52. The van der Waals surface area contributed by atoms with Gasteiger partial charge in [0.05, 0.1) is 0 Å². The van der Waals surface area contributed by atoms with E-state index in [1.54, 1.807) is 24.0 Å². The molecule has 0 unspecified atom stereocenters. The Morgan fingerprint density at radius 3 is 3.00 bits per heavy atom. The van der Waals surface area contributed by atoms with Crippen molar-refractivity contribution in [3.63, 3.8) is 0 Å². The van der Waals surface area contributed by atoms with Crippen LogP contribution >= 0.6 is 0 Å². The fourth-order valence-corrected chi connectivity index (χ4v) is 0.664. The molecule has 0 aromatic carbocycles. The minimum absolute atomic E-state index is 0.205. The summed E-state index contributed by atoms with van der Waals surface area (Å²) in [5.74, 6) is 0.477. The van der Waals surface area contributed by atoms with Crippen molar-refractivity contribution in [2.75, 3.05) is 0 Å². The number of hydrogen-bond acceptors (Lipinski definition) is 3. The lowest BCUT2D eigenvalue weighted by molar-refractivity contribution is -0.498. The molecule has 0 saturated heterocycles. The van der Waals surface area contributed by atoms with E-state index in [4.69, 9.17) is 0 Å². The molecule has 0 N–H and O–H groups in total. The third kappa shape index (κ3) is 1.31. The van der Waals surface area contributed by atoms with E-state index >= 15 is 0 Å². The molecule has 0 aliphatic heterocycles. The summed E-state index contributed by atoms with van der Waals surface area (Å²) in [5, 5.41) is 9.97. The number of hydrogen-bond donors (Lipinski definition) is 0. The van der Waals surface area contributed by atoms with Crippen molar-refractivity contribution in [1.29, 1.82) is 0 Å². The lowest BCUT2D eigenvalue weighted by Crippen LogP contribution is -2.04. The Kier molecular flexibility index (Phi) is 1.66. The van der Waals surface area contributed by atoms with Gasteiger partial charge in [0.2, 0.25) is 0 Å². The highest BCUT2D eigenvalue weighted by Crippen LogP contribution is 1.94. The topological polar surface area (TPSA) is 61.0 Å². The second-order valence-corrected chi connectivity index (χ2v) is 1.95. The predicted molar refractivity (Wildman–Crippen MR) is 33.9 cm³/mol. The van der Waals surface area contributed by atoms with E-state index in [0.29, 0.717) is 5.82 Å². The summed E-state index contributed by atoms with van der Waals surface area (Å²) in [4.78, 5) is 13.3. The van der Waals surface area contributed by atoms with E-state index in [9.17, 15) is 10.1 Å². The second kappa shape index (κ2) is 2.47. The van der Waals surface area contributed by atoms with Crippen molar-refractivity contribution in [3.05, 3.63) is 28.3 Å². The van der Waals surface area contributed by atoms with Crippen LogP contribution < -0.4 is 0 Å². The maximum Gasteiger partial charge on any atom is 0.260 e. The molecule has 10 heavy (non-hydrogen) atoms. The fourth-order valence-electron chi connectivity index (χ4n) is 0.664. The van der Waals surface area contributed by atoms with Gasteiger partial charge >= 0.3 is 0 Å². The summed E-state index contributed by atoms with van der Waals surface area (Å²) in [6.07, 6.45) is 3.22. The number of nitro groups is 1. The SMILES string of the molecule is Cn1ccnc1C[N+](=O)[O-]. The molecule has 0 aliphatic rings. The fraction of sp³-hybridized carbons (Fsp3) is 0.400. The van der Waals surface area contributed by atoms with E-state index in [1.807, 2.05) is 0 Å². The van der Waals surface area contributed by atoms with Gasteiger partial charge in [-0.1, -0.05) is 0 Å². The molecule has 0 radical (unpaired) electrons. The van der Waals surface area contributed by atoms with Crippen molar-refractivity contribution >= 4 is 0 Å². The number of aromatic nitrogens is 2. The molecule has 54 valence electrons. The Balaban J connectivity index is 2.74. The predicted octanol–water partition coefficient (Wildman–Crippen LogP) is 0.197. The zero-order chi connectivity index (χ0) is 7.56. The molecule has 0 spiro atoms. The first-order chi connectivity index (χ1) is 4.70. The summed E-state index contributed by atoms with van der Waals surface area (Å²) >= 11 is 0. The van der Waals surface area contributed by atoms with Crippen LogP contribution in [0.3, 0.4) is 0 Å². The van der Waals surface area contributed by atoms with Crippen LogP contribution in [0.25, 0.3) is 0 Å². The van der Waals surface area contributed by atoms with Gasteiger partial charge in [-0.2, -0.15) is 0 Å². The second-order valence-electron chi connectivity index (χ2n) is 1.95. The average molecular weight is 141 g/mol. The highest BCUT2D eigenvalue weighted by atomic mass is 16.6. The van der Waals surface area contributed by atoms with E-state index in [1.165, 1.54) is 0 Å². The summed E-state index contributed by atoms with van der Waals surface area (Å²) in [5.41, 5.74) is 0. The van der Waals surface area contributed by atoms with Gasteiger partial charge in [-0.25, -0.2) is 4.98 Å². The van der Waals surface area contributed by atoms with Crippen LogP contribution in [0.2, 0.25) is 0 Å². The van der Waals surface area contributed by atoms with E-state index in [0.717, 1.165) is 0 Å². The van der Waals surface area contributed by atoms with Crippen LogP contribution in [0, 0.1) is 10.1 Å². The van der Waals surface area contributed by atoms with E-state index in [2.05, 4.69) is 4.98 Å². The Bertz CT molecular complexity index is 243. The number of nitrogens with zero attached hydrogens (tertiary/aromatic N) is 3. The normalized spacial score (nSPS) is 9.70. The molecule has 0 amide bonds.